The first kappa shape index (κ1) is 14.2. The Labute approximate surface area is 123 Å². The molecule has 0 spiro atoms. The Morgan fingerprint density at radius 1 is 1.05 bits per heavy atom. The Kier molecular flexibility index (Phi) is 3.26. The summed E-state index contributed by atoms with van der Waals surface area (Å²) in [4.78, 5) is 0. The quantitative estimate of drug-likeness (QED) is 0.768. The summed E-state index contributed by atoms with van der Waals surface area (Å²) in [5.74, 6) is 1.12. The zero-order valence-corrected chi connectivity index (χ0v) is 13.3. The molecule has 20 heavy (non-hydrogen) atoms. The SMILES string of the molecule is CCc1ccc([C@@H]2C[C@H]2B2OC(C)(C)C(C)(C)O2)cc1. The molecule has 1 saturated carbocycles. The van der Waals surface area contributed by atoms with Crippen LogP contribution in [0.4, 0.5) is 0 Å². The van der Waals surface area contributed by atoms with Gasteiger partial charge in [0.1, 0.15) is 0 Å². The number of benzene rings is 1. The number of rotatable bonds is 3. The van der Waals surface area contributed by atoms with Crippen molar-refractivity contribution in [3.05, 3.63) is 35.4 Å². The predicted molar refractivity (Wildman–Crippen MR) is 83.0 cm³/mol. The van der Waals surface area contributed by atoms with Crippen LogP contribution in [0.15, 0.2) is 24.3 Å². The highest BCUT2D eigenvalue weighted by Crippen LogP contribution is 2.58. The Morgan fingerprint density at radius 2 is 1.60 bits per heavy atom. The monoisotopic (exact) mass is 272 g/mol. The van der Waals surface area contributed by atoms with Gasteiger partial charge in [-0.15, -0.1) is 0 Å². The van der Waals surface area contributed by atoms with Gasteiger partial charge in [0.2, 0.25) is 0 Å². The first-order chi connectivity index (χ1) is 9.34. The number of aryl methyl sites for hydroxylation is 1. The molecule has 0 radical (unpaired) electrons. The average molecular weight is 272 g/mol. The summed E-state index contributed by atoms with van der Waals surface area (Å²) in [5.41, 5.74) is 2.41. The Morgan fingerprint density at radius 3 is 2.10 bits per heavy atom. The first-order valence-corrected chi connectivity index (χ1v) is 7.78. The Bertz CT molecular complexity index is 476. The first-order valence-electron chi connectivity index (χ1n) is 7.78. The zero-order valence-electron chi connectivity index (χ0n) is 13.3. The number of hydrogen-bond acceptors (Lipinski definition) is 2. The lowest BCUT2D eigenvalue weighted by Gasteiger charge is -2.32. The van der Waals surface area contributed by atoms with Gasteiger partial charge < -0.3 is 9.31 Å². The fourth-order valence-electron chi connectivity index (χ4n) is 2.96. The fourth-order valence-corrected chi connectivity index (χ4v) is 2.96. The summed E-state index contributed by atoms with van der Waals surface area (Å²) in [6, 6.07) is 9.04. The molecule has 2 aliphatic rings. The van der Waals surface area contributed by atoms with Crippen molar-refractivity contribution >= 4 is 7.12 Å². The van der Waals surface area contributed by atoms with E-state index < -0.39 is 0 Å². The molecule has 1 aliphatic carbocycles. The molecule has 108 valence electrons. The van der Waals surface area contributed by atoms with E-state index in [1.54, 1.807) is 0 Å². The number of hydrogen-bond donors (Lipinski definition) is 0. The van der Waals surface area contributed by atoms with Gasteiger partial charge in [-0.3, -0.25) is 0 Å². The molecule has 2 fully saturated rings. The smallest absolute Gasteiger partial charge is 0.403 e. The largest absolute Gasteiger partial charge is 0.461 e. The lowest BCUT2D eigenvalue weighted by atomic mass is 9.79. The molecular formula is C17H25BO2. The van der Waals surface area contributed by atoms with Crippen LogP contribution in [-0.2, 0) is 15.7 Å². The summed E-state index contributed by atoms with van der Waals surface area (Å²) in [6.07, 6.45) is 2.29. The maximum absolute atomic E-state index is 6.16. The van der Waals surface area contributed by atoms with E-state index >= 15 is 0 Å². The van der Waals surface area contributed by atoms with Crippen LogP contribution in [0.2, 0.25) is 5.82 Å². The van der Waals surface area contributed by atoms with Crippen molar-refractivity contribution < 1.29 is 9.31 Å². The molecule has 0 aromatic heterocycles. The van der Waals surface area contributed by atoms with Gasteiger partial charge in [0, 0.05) is 5.82 Å². The van der Waals surface area contributed by atoms with E-state index in [1.807, 2.05) is 0 Å². The summed E-state index contributed by atoms with van der Waals surface area (Å²) in [7, 11) is -0.0455. The normalized spacial score (nSPS) is 30.6. The maximum atomic E-state index is 6.16. The highest BCUT2D eigenvalue weighted by Gasteiger charge is 2.59. The third-order valence-electron chi connectivity index (χ3n) is 5.28. The van der Waals surface area contributed by atoms with Crippen molar-refractivity contribution in [2.75, 3.05) is 0 Å². The summed E-state index contributed by atoms with van der Waals surface area (Å²) in [5, 5.41) is 0. The molecule has 1 saturated heterocycles. The molecule has 1 heterocycles. The van der Waals surface area contributed by atoms with Crippen molar-refractivity contribution in [1.82, 2.24) is 0 Å². The third kappa shape index (κ3) is 2.31. The Hall–Kier alpha value is -0.795. The van der Waals surface area contributed by atoms with E-state index in [0.717, 1.165) is 6.42 Å². The average Bonchev–Trinajstić information content (AvgIpc) is 3.13. The Balaban J connectivity index is 1.68. The van der Waals surface area contributed by atoms with Gasteiger partial charge >= 0.3 is 7.12 Å². The molecule has 0 bridgehead atoms. The molecule has 2 nitrogen and oxygen atoms in total. The molecule has 3 heteroatoms. The minimum atomic E-state index is -0.211. The summed E-state index contributed by atoms with van der Waals surface area (Å²) in [6.45, 7) is 10.7. The minimum absolute atomic E-state index is 0.0455. The predicted octanol–water partition coefficient (Wildman–Crippen LogP) is 4.20. The van der Waals surface area contributed by atoms with E-state index in [-0.39, 0.29) is 18.3 Å². The van der Waals surface area contributed by atoms with Gasteiger partial charge in [0.15, 0.2) is 0 Å². The van der Waals surface area contributed by atoms with Crippen LogP contribution in [0.1, 0.15) is 58.1 Å². The van der Waals surface area contributed by atoms with E-state index in [9.17, 15) is 0 Å². The molecule has 2 atom stereocenters. The second-order valence-electron chi connectivity index (χ2n) is 7.23. The van der Waals surface area contributed by atoms with Crippen LogP contribution < -0.4 is 0 Å². The molecule has 0 unspecified atom stereocenters. The lowest BCUT2D eigenvalue weighted by Crippen LogP contribution is -2.41. The van der Waals surface area contributed by atoms with Crippen LogP contribution >= 0.6 is 0 Å². The van der Waals surface area contributed by atoms with Crippen molar-refractivity contribution in [3.63, 3.8) is 0 Å². The van der Waals surface area contributed by atoms with Gasteiger partial charge in [0.25, 0.3) is 0 Å². The van der Waals surface area contributed by atoms with E-state index in [4.69, 9.17) is 9.31 Å². The maximum Gasteiger partial charge on any atom is 0.461 e. The molecule has 1 aliphatic heterocycles. The highest BCUT2D eigenvalue weighted by atomic mass is 16.7. The molecule has 0 N–H and O–H groups in total. The summed E-state index contributed by atoms with van der Waals surface area (Å²) >= 11 is 0. The van der Waals surface area contributed by atoms with E-state index in [1.165, 1.54) is 17.5 Å². The van der Waals surface area contributed by atoms with Crippen molar-refractivity contribution in [3.8, 4) is 0 Å². The van der Waals surface area contributed by atoms with Gasteiger partial charge in [-0.2, -0.15) is 0 Å². The fraction of sp³-hybridized carbons (Fsp3) is 0.647. The highest BCUT2D eigenvalue weighted by molar-refractivity contribution is 6.49. The molecule has 3 rings (SSSR count). The second kappa shape index (κ2) is 4.61. The molecular weight excluding hydrogens is 247 g/mol. The minimum Gasteiger partial charge on any atom is -0.403 e. The van der Waals surface area contributed by atoms with Gasteiger partial charge in [-0.25, -0.2) is 0 Å². The summed E-state index contributed by atoms with van der Waals surface area (Å²) < 4.78 is 12.3. The van der Waals surface area contributed by atoms with Crippen LogP contribution in [0, 0.1) is 0 Å². The van der Waals surface area contributed by atoms with Gasteiger partial charge in [-0.1, -0.05) is 31.2 Å². The van der Waals surface area contributed by atoms with E-state index in [0.29, 0.717) is 11.7 Å². The van der Waals surface area contributed by atoms with Crippen molar-refractivity contribution in [2.24, 2.45) is 0 Å². The third-order valence-corrected chi connectivity index (χ3v) is 5.28. The van der Waals surface area contributed by atoms with Crippen molar-refractivity contribution in [2.45, 2.75) is 70.4 Å². The zero-order chi connectivity index (χ0) is 14.5. The van der Waals surface area contributed by atoms with Crippen LogP contribution in [-0.4, -0.2) is 18.3 Å². The van der Waals surface area contributed by atoms with Crippen molar-refractivity contribution in [1.29, 1.82) is 0 Å². The van der Waals surface area contributed by atoms with Gasteiger partial charge in [0.05, 0.1) is 11.2 Å². The molecule has 1 aromatic rings. The van der Waals surface area contributed by atoms with Crippen LogP contribution in [0.5, 0.6) is 0 Å². The van der Waals surface area contributed by atoms with E-state index in [2.05, 4.69) is 58.9 Å². The standard InChI is InChI=1S/C17H25BO2/c1-6-12-7-9-13(10-8-12)14-11-15(14)18-19-16(2,3)17(4,5)20-18/h7-10,14-15H,6,11H2,1-5H3/t14-,15+/m0/s1. The second-order valence-corrected chi connectivity index (χ2v) is 7.23. The molecule has 1 aromatic carbocycles. The topological polar surface area (TPSA) is 18.5 Å². The lowest BCUT2D eigenvalue weighted by molar-refractivity contribution is 0.00578. The van der Waals surface area contributed by atoms with Crippen LogP contribution in [0.25, 0.3) is 0 Å². The van der Waals surface area contributed by atoms with Gasteiger partial charge in [-0.05, 0) is 57.6 Å². The molecule has 0 amide bonds. The van der Waals surface area contributed by atoms with Crippen LogP contribution in [0.3, 0.4) is 0 Å².